The summed E-state index contributed by atoms with van der Waals surface area (Å²) < 4.78 is 15.9. The van der Waals surface area contributed by atoms with Crippen molar-refractivity contribution in [3.63, 3.8) is 0 Å². The lowest BCUT2D eigenvalue weighted by atomic mass is 9.95. The first-order valence-corrected chi connectivity index (χ1v) is 11.6. The molecule has 0 saturated carbocycles. The van der Waals surface area contributed by atoms with Gasteiger partial charge in [-0.05, 0) is 61.4 Å². The molecule has 2 heterocycles. The van der Waals surface area contributed by atoms with E-state index in [0.717, 1.165) is 15.8 Å². The summed E-state index contributed by atoms with van der Waals surface area (Å²) in [5.74, 6) is -2.79. The van der Waals surface area contributed by atoms with Crippen molar-refractivity contribution in [2.45, 2.75) is 19.9 Å². The van der Waals surface area contributed by atoms with Crippen molar-refractivity contribution in [2.75, 3.05) is 4.90 Å². The second kappa shape index (κ2) is 8.34. The van der Waals surface area contributed by atoms with Crippen molar-refractivity contribution >= 4 is 55.7 Å². The fraction of sp³-hybridized carbons (Fsp3) is 0.115. The summed E-state index contributed by atoms with van der Waals surface area (Å²) in [7, 11) is 0. The van der Waals surface area contributed by atoms with Gasteiger partial charge in [0.15, 0.2) is 5.13 Å². The third-order valence-corrected chi connectivity index (χ3v) is 7.04. The van der Waals surface area contributed by atoms with E-state index in [1.807, 2.05) is 26.0 Å². The first-order valence-electron chi connectivity index (χ1n) is 10.5. The van der Waals surface area contributed by atoms with E-state index in [-0.39, 0.29) is 16.3 Å². The van der Waals surface area contributed by atoms with Gasteiger partial charge >= 0.3 is 5.91 Å². The average molecular weight is 493 g/mol. The van der Waals surface area contributed by atoms with Crippen LogP contribution in [0.5, 0.6) is 0 Å². The van der Waals surface area contributed by atoms with Gasteiger partial charge in [-0.25, -0.2) is 9.37 Å². The summed E-state index contributed by atoms with van der Waals surface area (Å²) in [6.07, 6.45) is 0. The molecular weight excluding hydrogens is 475 g/mol. The van der Waals surface area contributed by atoms with E-state index < -0.39 is 29.3 Å². The Hall–Kier alpha value is -3.55. The van der Waals surface area contributed by atoms with Crippen LogP contribution in [0.3, 0.4) is 0 Å². The molecule has 0 unspecified atom stereocenters. The highest BCUT2D eigenvalue weighted by Crippen LogP contribution is 2.45. The maximum Gasteiger partial charge on any atom is 0.301 e. The zero-order valence-electron chi connectivity index (χ0n) is 18.2. The molecule has 1 fully saturated rings. The van der Waals surface area contributed by atoms with Crippen LogP contribution in [0.2, 0.25) is 5.02 Å². The highest BCUT2D eigenvalue weighted by Gasteiger charge is 2.49. The van der Waals surface area contributed by atoms with Gasteiger partial charge in [0.1, 0.15) is 17.6 Å². The van der Waals surface area contributed by atoms with E-state index in [2.05, 4.69) is 4.98 Å². The van der Waals surface area contributed by atoms with Gasteiger partial charge in [0.2, 0.25) is 0 Å². The molecular formula is C26H18ClFN2O3S. The molecule has 1 amide bonds. The summed E-state index contributed by atoms with van der Waals surface area (Å²) in [5.41, 5.74) is 2.85. The predicted octanol–water partition coefficient (Wildman–Crippen LogP) is 6.33. The SMILES string of the molecule is Cc1cc(C)c2nc(N3C(=O)C(=O)/C(=C(/O)c4ccc(Cl)cc4)[C@@H]3c3ccccc3F)sc2c1. The molecule has 0 bridgehead atoms. The highest BCUT2D eigenvalue weighted by atomic mass is 35.5. The van der Waals surface area contributed by atoms with Gasteiger partial charge < -0.3 is 5.11 Å². The first-order chi connectivity index (χ1) is 16.3. The monoisotopic (exact) mass is 492 g/mol. The minimum absolute atomic E-state index is 0.0874. The van der Waals surface area contributed by atoms with Crippen LogP contribution in [0, 0.1) is 19.7 Å². The number of carbonyl (C=O) groups is 2. The zero-order chi connectivity index (χ0) is 24.1. The number of thiazole rings is 1. The van der Waals surface area contributed by atoms with Crippen molar-refractivity contribution in [3.8, 4) is 0 Å². The molecule has 1 aromatic heterocycles. The topological polar surface area (TPSA) is 70.5 Å². The Morgan fingerprint density at radius 1 is 1.09 bits per heavy atom. The number of halogens is 2. The van der Waals surface area contributed by atoms with E-state index in [4.69, 9.17) is 11.6 Å². The molecule has 0 spiro atoms. The normalized spacial score (nSPS) is 17.6. The lowest BCUT2D eigenvalue weighted by molar-refractivity contribution is -0.132. The third kappa shape index (κ3) is 3.57. The minimum Gasteiger partial charge on any atom is -0.507 e. The Kier molecular flexibility index (Phi) is 5.46. The summed E-state index contributed by atoms with van der Waals surface area (Å²) in [6, 6.07) is 14.8. The third-order valence-electron chi connectivity index (χ3n) is 5.79. The van der Waals surface area contributed by atoms with Crippen LogP contribution in [-0.4, -0.2) is 21.8 Å². The molecule has 1 aliphatic heterocycles. The Bertz CT molecular complexity index is 1510. The lowest BCUT2D eigenvalue weighted by Gasteiger charge is -2.23. The number of aryl methyl sites for hydroxylation is 2. The number of ketones is 1. The zero-order valence-corrected chi connectivity index (χ0v) is 19.7. The van der Waals surface area contributed by atoms with E-state index in [1.165, 1.54) is 46.6 Å². The van der Waals surface area contributed by atoms with Crippen LogP contribution in [0.4, 0.5) is 9.52 Å². The molecule has 170 valence electrons. The number of hydrogen-bond donors (Lipinski definition) is 1. The van der Waals surface area contributed by atoms with Crippen LogP contribution in [0.25, 0.3) is 16.0 Å². The average Bonchev–Trinajstić information content (AvgIpc) is 3.33. The van der Waals surface area contributed by atoms with E-state index in [0.29, 0.717) is 16.1 Å². The number of aliphatic hydroxyl groups excluding tert-OH is 1. The van der Waals surface area contributed by atoms with Gasteiger partial charge in [0, 0.05) is 16.1 Å². The summed E-state index contributed by atoms with van der Waals surface area (Å²) in [4.78, 5) is 32.3. The number of rotatable bonds is 3. The number of amides is 1. The largest absolute Gasteiger partial charge is 0.507 e. The molecule has 8 heteroatoms. The standard InChI is InChI=1S/C26H18ClFN2O3S/c1-13-11-14(2)21-19(12-13)34-26(29-21)30-22(17-5-3-4-6-18(17)28)20(24(32)25(30)33)23(31)15-7-9-16(27)10-8-15/h3-12,22,31H,1-2H3/b23-20+/t22-/m0/s1. The lowest BCUT2D eigenvalue weighted by Crippen LogP contribution is -2.29. The van der Waals surface area contributed by atoms with E-state index in [9.17, 15) is 14.7 Å². The number of fused-ring (bicyclic) bond motifs is 1. The molecule has 1 atom stereocenters. The second-order valence-electron chi connectivity index (χ2n) is 8.12. The number of nitrogens with zero attached hydrogens (tertiary/aromatic N) is 2. The van der Waals surface area contributed by atoms with Gasteiger partial charge in [0.25, 0.3) is 5.78 Å². The van der Waals surface area contributed by atoms with Gasteiger partial charge in [0.05, 0.1) is 15.8 Å². The number of anilines is 1. The molecule has 1 N–H and O–H groups in total. The van der Waals surface area contributed by atoms with Crippen LogP contribution in [-0.2, 0) is 9.59 Å². The van der Waals surface area contributed by atoms with Gasteiger partial charge in [-0.15, -0.1) is 0 Å². The predicted molar refractivity (Wildman–Crippen MR) is 132 cm³/mol. The number of aromatic nitrogens is 1. The number of carbonyl (C=O) groups excluding carboxylic acids is 2. The molecule has 0 radical (unpaired) electrons. The van der Waals surface area contributed by atoms with Crippen molar-refractivity contribution < 1.29 is 19.1 Å². The molecule has 5 rings (SSSR count). The van der Waals surface area contributed by atoms with Crippen LogP contribution < -0.4 is 4.90 Å². The smallest absolute Gasteiger partial charge is 0.301 e. The molecule has 1 saturated heterocycles. The number of hydrogen-bond acceptors (Lipinski definition) is 5. The highest BCUT2D eigenvalue weighted by molar-refractivity contribution is 7.22. The minimum atomic E-state index is -1.18. The molecule has 1 aliphatic rings. The van der Waals surface area contributed by atoms with Crippen molar-refractivity contribution in [2.24, 2.45) is 0 Å². The maximum absolute atomic E-state index is 15.0. The van der Waals surface area contributed by atoms with Crippen molar-refractivity contribution in [1.82, 2.24) is 4.98 Å². The van der Waals surface area contributed by atoms with Crippen LogP contribution >= 0.6 is 22.9 Å². The van der Waals surface area contributed by atoms with Crippen molar-refractivity contribution in [1.29, 1.82) is 0 Å². The molecule has 0 aliphatic carbocycles. The van der Waals surface area contributed by atoms with Gasteiger partial charge in [-0.3, -0.25) is 14.5 Å². The van der Waals surface area contributed by atoms with Gasteiger partial charge in [-0.1, -0.05) is 47.2 Å². The van der Waals surface area contributed by atoms with E-state index >= 15 is 4.39 Å². The Balaban J connectivity index is 1.76. The Morgan fingerprint density at radius 3 is 2.50 bits per heavy atom. The number of aliphatic hydroxyl groups is 1. The molecule has 4 aromatic rings. The number of Topliss-reactive ketones (excluding diaryl/α,β-unsaturated/α-hetero) is 1. The quantitative estimate of drug-likeness (QED) is 0.206. The maximum atomic E-state index is 15.0. The Morgan fingerprint density at radius 2 is 1.79 bits per heavy atom. The molecule has 3 aromatic carbocycles. The first kappa shape index (κ1) is 22.3. The fourth-order valence-corrected chi connectivity index (χ4v) is 5.54. The van der Waals surface area contributed by atoms with Crippen LogP contribution in [0.1, 0.15) is 28.3 Å². The molecule has 5 nitrogen and oxygen atoms in total. The second-order valence-corrected chi connectivity index (χ2v) is 9.57. The van der Waals surface area contributed by atoms with Crippen molar-refractivity contribution in [3.05, 3.63) is 99.3 Å². The summed E-state index contributed by atoms with van der Waals surface area (Å²) >= 11 is 7.20. The molecule has 34 heavy (non-hydrogen) atoms. The van der Waals surface area contributed by atoms with Gasteiger partial charge in [-0.2, -0.15) is 0 Å². The fourth-order valence-electron chi connectivity index (χ4n) is 4.25. The summed E-state index contributed by atoms with van der Waals surface area (Å²) in [6.45, 7) is 3.88. The summed E-state index contributed by atoms with van der Waals surface area (Å²) in [5, 5.41) is 11.8. The van der Waals surface area contributed by atoms with E-state index in [1.54, 1.807) is 18.2 Å². The Labute approximate surface area is 203 Å². The van der Waals surface area contributed by atoms with Crippen LogP contribution in [0.15, 0.2) is 66.2 Å². The number of benzene rings is 3.